The number of quaternary nitrogens is 1. The molecule has 0 bridgehead atoms. The molecule has 2 heterocycles. The van der Waals surface area contributed by atoms with Crippen molar-refractivity contribution in [3.05, 3.63) is 65.0 Å². The number of hydrogen-bond acceptors (Lipinski definition) is 3. The summed E-state index contributed by atoms with van der Waals surface area (Å²) in [6, 6.07) is 13.1. The highest BCUT2D eigenvalue weighted by Crippen LogP contribution is 2.21. The lowest BCUT2D eigenvalue weighted by atomic mass is 10.0. The fourth-order valence-corrected chi connectivity index (χ4v) is 3.07. The fourth-order valence-electron chi connectivity index (χ4n) is 3.07. The number of pyridine rings is 1. The van der Waals surface area contributed by atoms with Crippen LogP contribution in [0.4, 0.5) is 0 Å². The number of carbonyl (C=O) groups is 1. The van der Waals surface area contributed by atoms with Gasteiger partial charge in [0.1, 0.15) is 6.04 Å². The third-order valence-corrected chi connectivity index (χ3v) is 4.31. The number of aromatic carboxylic acids is 1. The van der Waals surface area contributed by atoms with Crippen molar-refractivity contribution in [1.29, 1.82) is 0 Å². The van der Waals surface area contributed by atoms with E-state index in [9.17, 15) is 9.90 Å². The molecule has 0 saturated carbocycles. The van der Waals surface area contributed by atoms with Crippen LogP contribution in [0.3, 0.4) is 0 Å². The van der Waals surface area contributed by atoms with Gasteiger partial charge < -0.3 is 14.8 Å². The summed E-state index contributed by atoms with van der Waals surface area (Å²) in [6.45, 7) is 5.49. The van der Waals surface area contributed by atoms with Gasteiger partial charge in [-0.1, -0.05) is 30.3 Å². The minimum atomic E-state index is -1.13. The van der Waals surface area contributed by atoms with Crippen LogP contribution in [-0.4, -0.2) is 24.5 Å². The number of carboxylic acids is 1. The SMILES string of the molecule is Cc1ccc([C@@H]2CCC[NH+]2C)c(C)n1.O=C([O-])c1ccccc1. The Balaban J connectivity index is 0.000000185. The Morgan fingerprint density at radius 3 is 2.35 bits per heavy atom. The summed E-state index contributed by atoms with van der Waals surface area (Å²) < 4.78 is 0. The van der Waals surface area contributed by atoms with Gasteiger partial charge in [0.2, 0.25) is 0 Å². The number of likely N-dealkylation sites (tertiary alicyclic amines) is 1. The van der Waals surface area contributed by atoms with Gasteiger partial charge in [0.25, 0.3) is 0 Å². The van der Waals surface area contributed by atoms with Gasteiger partial charge in [0, 0.05) is 29.8 Å². The Morgan fingerprint density at radius 1 is 1.17 bits per heavy atom. The number of aromatic nitrogens is 1. The first kappa shape index (κ1) is 17.2. The van der Waals surface area contributed by atoms with Crippen LogP contribution in [0.5, 0.6) is 0 Å². The Hall–Kier alpha value is -2.20. The number of hydrogen-bond donors (Lipinski definition) is 1. The predicted molar refractivity (Wildman–Crippen MR) is 88.2 cm³/mol. The van der Waals surface area contributed by atoms with Crippen molar-refractivity contribution in [3.63, 3.8) is 0 Å². The molecular weight excluding hydrogens is 288 g/mol. The molecule has 0 aliphatic carbocycles. The number of nitrogens with zero attached hydrogens (tertiary/aromatic N) is 1. The lowest BCUT2D eigenvalue weighted by Gasteiger charge is -2.18. The van der Waals surface area contributed by atoms with Crippen LogP contribution in [0.15, 0.2) is 42.5 Å². The molecule has 4 nitrogen and oxygen atoms in total. The third kappa shape index (κ3) is 4.63. The zero-order chi connectivity index (χ0) is 16.8. The number of rotatable bonds is 2. The molecule has 1 aromatic carbocycles. The molecule has 0 radical (unpaired) electrons. The molecule has 122 valence electrons. The second-order valence-corrected chi connectivity index (χ2v) is 6.07. The molecule has 0 amide bonds. The lowest BCUT2D eigenvalue weighted by Crippen LogP contribution is -3.07. The van der Waals surface area contributed by atoms with Crippen molar-refractivity contribution >= 4 is 5.97 Å². The standard InChI is InChI=1S/C12H18N2.C7H6O2/c1-9-6-7-11(10(2)13-9)12-5-4-8-14(12)3;8-7(9)6-4-2-1-3-5-6/h6-7,12H,4-5,8H2,1-3H3;1-5H,(H,8,9)/t12-;/m0./s1. The summed E-state index contributed by atoms with van der Waals surface area (Å²) in [5, 5.41) is 10.1. The summed E-state index contributed by atoms with van der Waals surface area (Å²) in [4.78, 5) is 16.3. The van der Waals surface area contributed by atoms with E-state index in [0.29, 0.717) is 6.04 Å². The normalized spacial score (nSPS) is 19.8. The quantitative estimate of drug-likeness (QED) is 0.903. The fraction of sp³-hybridized carbons (Fsp3) is 0.368. The van der Waals surface area contributed by atoms with E-state index in [1.807, 2.05) is 0 Å². The molecule has 1 N–H and O–H groups in total. The first-order chi connectivity index (χ1) is 11.0. The minimum Gasteiger partial charge on any atom is -0.545 e. The number of nitrogens with one attached hydrogen (secondary N) is 1. The highest BCUT2D eigenvalue weighted by Gasteiger charge is 2.27. The van der Waals surface area contributed by atoms with Gasteiger partial charge in [-0.05, 0) is 31.5 Å². The van der Waals surface area contributed by atoms with Crippen molar-refractivity contribution in [2.45, 2.75) is 32.7 Å². The van der Waals surface area contributed by atoms with E-state index in [1.165, 1.54) is 42.8 Å². The maximum absolute atomic E-state index is 10.1. The summed E-state index contributed by atoms with van der Waals surface area (Å²) >= 11 is 0. The van der Waals surface area contributed by atoms with E-state index in [-0.39, 0.29) is 5.56 Å². The molecule has 1 aliphatic rings. The van der Waals surface area contributed by atoms with E-state index >= 15 is 0 Å². The van der Waals surface area contributed by atoms with Crippen molar-refractivity contribution < 1.29 is 14.8 Å². The van der Waals surface area contributed by atoms with Crippen LogP contribution in [0.2, 0.25) is 0 Å². The highest BCUT2D eigenvalue weighted by molar-refractivity contribution is 5.85. The second kappa shape index (κ2) is 7.88. The van der Waals surface area contributed by atoms with Crippen LogP contribution < -0.4 is 10.0 Å². The number of aryl methyl sites for hydroxylation is 2. The van der Waals surface area contributed by atoms with Crippen LogP contribution in [0.1, 0.15) is 46.2 Å². The van der Waals surface area contributed by atoms with E-state index in [1.54, 1.807) is 23.1 Å². The molecule has 2 atom stereocenters. The topological polar surface area (TPSA) is 57.5 Å². The van der Waals surface area contributed by atoms with Gasteiger partial charge in [-0.2, -0.15) is 0 Å². The van der Waals surface area contributed by atoms with E-state index in [2.05, 4.69) is 38.0 Å². The van der Waals surface area contributed by atoms with E-state index in [4.69, 9.17) is 0 Å². The maximum atomic E-state index is 10.1. The molecular formula is C19H24N2O2. The zero-order valence-corrected chi connectivity index (χ0v) is 14.0. The molecule has 1 aromatic heterocycles. The predicted octanol–water partition coefficient (Wildman–Crippen LogP) is 1.10. The highest BCUT2D eigenvalue weighted by atomic mass is 16.4. The van der Waals surface area contributed by atoms with Gasteiger partial charge in [0.15, 0.2) is 0 Å². The van der Waals surface area contributed by atoms with Crippen molar-refractivity contribution in [2.75, 3.05) is 13.6 Å². The smallest absolute Gasteiger partial charge is 0.115 e. The van der Waals surface area contributed by atoms with Gasteiger partial charge in [0.05, 0.1) is 19.6 Å². The van der Waals surface area contributed by atoms with Crippen LogP contribution in [0, 0.1) is 13.8 Å². The third-order valence-electron chi connectivity index (χ3n) is 4.31. The van der Waals surface area contributed by atoms with Crippen molar-refractivity contribution in [2.24, 2.45) is 0 Å². The first-order valence-corrected chi connectivity index (χ1v) is 8.02. The number of benzene rings is 1. The molecule has 1 aliphatic heterocycles. The maximum Gasteiger partial charge on any atom is 0.115 e. The summed E-state index contributed by atoms with van der Waals surface area (Å²) in [6.07, 6.45) is 2.67. The van der Waals surface area contributed by atoms with E-state index in [0.717, 1.165) is 5.69 Å². The molecule has 1 fully saturated rings. The molecule has 23 heavy (non-hydrogen) atoms. The monoisotopic (exact) mass is 312 g/mol. The van der Waals surface area contributed by atoms with Gasteiger partial charge in [-0.15, -0.1) is 0 Å². The van der Waals surface area contributed by atoms with Gasteiger partial charge in [-0.25, -0.2) is 0 Å². The Morgan fingerprint density at radius 2 is 1.87 bits per heavy atom. The van der Waals surface area contributed by atoms with Crippen LogP contribution >= 0.6 is 0 Å². The van der Waals surface area contributed by atoms with Crippen molar-refractivity contribution in [1.82, 2.24) is 4.98 Å². The summed E-state index contributed by atoms with van der Waals surface area (Å²) in [7, 11) is 2.29. The van der Waals surface area contributed by atoms with Crippen LogP contribution in [-0.2, 0) is 0 Å². The Bertz CT molecular complexity index is 656. The van der Waals surface area contributed by atoms with Gasteiger partial charge >= 0.3 is 0 Å². The Kier molecular flexibility index (Phi) is 5.88. The van der Waals surface area contributed by atoms with E-state index < -0.39 is 5.97 Å². The summed E-state index contributed by atoms with van der Waals surface area (Å²) in [5.74, 6) is -1.13. The van der Waals surface area contributed by atoms with Crippen LogP contribution in [0.25, 0.3) is 0 Å². The molecule has 4 heteroatoms. The number of carbonyl (C=O) groups excluding carboxylic acids is 1. The largest absolute Gasteiger partial charge is 0.545 e. The lowest BCUT2D eigenvalue weighted by molar-refractivity contribution is -0.898. The molecule has 0 spiro atoms. The minimum absolute atomic E-state index is 0.220. The average molecular weight is 312 g/mol. The van der Waals surface area contributed by atoms with Crippen molar-refractivity contribution in [3.8, 4) is 0 Å². The first-order valence-electron chi connectivity index (χ1n) is 8.02. The number of carboxylic acid groups (broad SMARTS) is 1. The molecule has 3 rings (SSSR count). The van der Waals surface area contributed by atoms with Gasteiger partial charge in [-0.3, -0.25) is 4.98 Å². The Labute approximate surface area is 137 Å². The summed E-state index contributed by atoms with van der Waals surface area (Å²) in [5.41, 5.74) is 4.02. The molecule has 1 unspecified atom stereocenters. The zero-order valence-electron chi connectivity index (χ0n) is 14.0. The average Bonchev–Trinajstić information content (AvgIpc) is 2.95. The molecule has 2 aromatic rings. The molecule has 1 saturated heterocycles. The second-order valence-electron chi connectivity index (χ2n) is 6.07.